The molecule has 17 N–H and O–H groups in total. The van der Waals surface area contributed by atoms with Gasteiger partial charge in [0.2, 0.25) is 11.8 Å². The normalized spacial score (nSPS) is 42.4. The molecule has 4 fully saturated rings. The molecule has 0 aromatic rings. The minimum atomic E-state index is -5.25. The van der Waals surface area contributed by atoms with Crippen molar-refractivity contribution >= 4 is 22.2 Å². The summed E-state index contributed by atoms with van der Waals surface area (Å²) in [5.41, 5.74) is 0. The molecular weight excluding hydrogens is 916 g/mol. The molecule has 0 bridgehead atoms. The van der Waals surface area contributed by atoms with Crippen molar-refractivity contribution in [1.82, 2.24) is 10.6 Å². The molecule has 4 heterocycles. The zero-order chi connectivity index (χ0) is 48.8. The van der Waals surface area contributed by atoms with Crippen LogP contribution in [0.1, 0.15) is 20.8 Å². The molecule has 30 nitrogen and oxygen atoms in total. The average molecular weight is 977 g/mol. The number of hydrogen-bond acceptors (Lipinski definition) is 27. The van der Waals surface area contributed by atoms with Crippen LogP contribution in [0, 0.1) is 0 Å². The Labute approximate surface area is 369 Å². The van der Waals surface area contributed by atoms with Crippen LogP contribution in [0.5, 0.6) is 0 Å². The van der Waals surface area contributed by atoms with E-state index in [0.29, 0.717) is 0 Å². The van der Waals surface area contributed by atoms with Crippen molar-refractivity contribution in [2.75, 3.05) is 33.0 Å². The summed E-state index contributed by atoms with van der Waals surface area (Å²) in [4.78, 5) is 24.5. The van der Waals surface area contributed by atoms with E-state index in [1.165, 1.54) is 6.92 Å². The first-order chi connectivity index (χ1) is 30.3. The molecule has 24 atom stereocenters. The van der Waals surface area contributed by atoms with Gasteiger partial charge in [0.25, 0.3) is 0 Å². The van der Waals surface area contributed by atoms with Crippen LogP contribution in [0.15, 0.2) is 0 Å². The van der Waals surface area contributed by atoms with Gasteiger partial charge in [-0.15, -0.1) is 0 Å². The lowest BCUT2D eigenvalue weighted by molar-refractivity contribution is -0.373. The number of hydrogen-bond donors (Lipinski definition) is 17. The van der Waals surface area contributed by atoms with Crippen LogP contribution in [-0.4, -0.2) is 276 Å². The Morgan fingerprint density at radius 1 is 0.646 bits per heavy atom. The molecule has 65 heavy (non-hydrogen) atoms. The van der Waals surface area contributed by atoms with E-state index in [1.54, 1.807) is 0 Å². The zero-order valence-electron chi connectivity index (χ0n) is 34.8. The van der Waals surface area contributed by atoms with E-state index in [-0.39, 0.29) is 0 Å². The van der Waals surface area contributed by atoms with Gasteiger partial charge >= 0.3 is 10.4 Å². The number of carbonyl (C=O) groups is 2. The van der Waals surface area contributed by atoms with Crippen LogP contribution in [0.25, 0.3) is 0 Å². The van der Waals surface area contributed by atoms with Crippen LogP contribution >= 0.6 is 0 Å². The van der Waals surface area contributed by atoms with Gasteiger partial charge in [0.1, 0.15) is 110 Å². The first-order valence-electron chi connectivity index (χ1n) is 20.0. The second kappa shape index (κ2) is 24.0. The molecule has 0 aliphatic carbocycles. The van der Waals surface area contributed by atoms with Crippen LogP contribution in [-0.2, 0) is 62.1 Å². The number of amides is 2. The van der Waals surface area contributed by atoms with Crippen molar-refractivity contribution in [2.45, 2.75) is 168 Å². The maximum atomic E-state index is 12.3. The topological polar surface area (TPSA) is 479 Å². The maximum Gasteiger partial charge on any atom is 0.397 e. The van der Waals surface area contributed by atoms with Gasteiger partial charge in [0, 0.05) is 13.8 Å². The third-order valence-corrected chi connectivity index (χ3v) is 11.4. The lowest BCUT2D eigenvalue weighted by Crippen LogP contribution is -2.68. The van der Waals surface area contributed by atoms with Gasteiger partial charge in [-0.25, -0.2) is 4.18 Å². The summed E-state index contributed by atoms with van der Waals surface area (Å²) >= 11 is 0. The Morgan fingerprint density at radius 3 is 1.71 bits per heavy atom. The van der Waals surface area contributed by atoms with Gasteiger partial charge in [-0.05, 0) is 6.92 Å². The second-order valence-electron chi connectivity index (χ2n) is 15.7. The van der Waals surface area contributed by atoms with Crippen LogP contribution < -0.4 is 10.6 Å². The maximum absolute atomic E-state index is 12.3. The molecular formula is C34H60N2O28S. The molecule has 4 aliphatic heterocycles. The summed E-state index contributed by atoms with van der Waals surface area (Å²) in [6, 6.07) is -3.46. The van der Waals surface area contributed by atoms with Gasteiger partial charge in [0.05, 0.1) is 45.2 Å². The van der Waals surface area contributed by atoms with Crippen molar-refractivity contribution in [3.05, 3.63) is 0 Å². The van der Waals surface area contributed by atoms with Crippen molar-refractivity contribution in [1.29, 1.82) is 0 Å². The van der Waals surface area contributed by atoms with Gasteiger partial charge in [-0.2, -0.15) is 8.42 Å². The van der Waals surface area contributed by atoms with Crippen LogP contribution in [0.4, 0.5) is 0 Å². The van der Waals surface area contributed by atoms with Crippen molar-refractivity contribution in [3.63, 3.8) is 0 Å². The molecule has 0 saturated carbocycles. The van der Waals surface area contributed by atoms with E-state index < -0.39 is 202 Å². The molecule has 0 aromatic heterocycles. The number of nitrogens with one attached hydrogen (secondary N) is 2. The monoisotopic (exact) mass is 976 g/mol. The fourth-order valence-corrected chi connectivity index (χ4v) is 7.71. The molecule has 4 saturated heterocycles. The molecule has 0 radical (unpaired) electrons. The Kier molecular flexibility index (Phi) is 20.5. The number of aliphatic hydroxyl groups is 14. The summed E-state index contributed by atoms with van der Waals surface area (Å²) in [6.45, 7) is -2.00. The van der Waals surface area contributed by atoms with Crippen LogP contribution in [0.2, 0.25) is 0 Å². The lowest BCUT2D eigenvalue weighted by Gasteiger charge is -2.47. The van der Waals surface area contributed by atoms with E-state index in [0.717, 1.165) is 13.8 Å². The van der Waals surface area contributed by atoms with Gasteiger partial charge in [-0.3, -0.25) is 14.1 Å². The predicted molar refractivity (Wildman–Crippen MR) is 201 cm³/mol. The number of carbonyl (C=O) groups excluding carboxylic acids is 2. The third-order valence-electron chi connectivity index (χ3n) is 10.9. The quantitative estimate of drug-likeness (QED) is 0.0504. The minimum absolute atomic E-state index is 0.835. The highest BCUT2D eigenvalue weighted by Crippen LogP contribution is 2.33. The Balaban J connectivity index is 1.62. The summed E-state index contributed by atoms with van der Waals surface area (Å²) in [5.74, 6) is -1.71. The lowest BCUT2D eigenvalue weighted by atomic mass is 9.95. The molecule has 0 aromatic carbocycles. The van der Waals surface area contributed by atoms with Crippen molar-refractivity contribution in [3.8, 4) is 0 Å². The van der Waals surface area contributed by atoms with Gasteiger partial charge in [0.15, 0.2) is 25.2 Å². The standard InChI is InChI=1S/C34H60N2O28S/c1-9-18(43)23(48)26(51)32(58-9)64-30-25(50)21(46)15(6-39)60-34(30)62-28(12(4-37)35-10(2)40)19(44)13(42)7-56-31-17(36-11(3)41)22(47)29(16(61-31)8-57-65(53,54)55)63-33-27(52)24(49)20(45)14(5-38)59-33/h9,12-34,37-39,42-52H,4-8H2,1-3H3,(H,35,40)(H,36,41)(H,53,54,55)/t9-,12-,13+,14+,15+,16+,17+,18+,19-,20-,21-,22+,23+,24-,25-,26-,27+,28+,29+,30+,31+,32-,33-,34-/m0/s1. The number of aliphatic hydroxyl groups excluding tert-OH is 14. The number of rotatable bonds is 20. The molecule has 31 heteroatoms. The summed E-state index contributed by atoms with van der Waals surface area (Å²) in [5, 5.41) is 153. The molecule has 0 unspecified atom stereocenters. The van der Waals surface area contributed by atoms with Gasteiger partial charge in [-0.1, -0.05) is 0 Å². The fourth-order valence-electron chi connectivity index (χ4n) is 7.40. The predicted octanol–water partition coefficient (Wildman–Crippen LogP) is -11.1. The zero-order valence-corrected chi connectivity index (χ0v) is 35.6. The average Bonchev–Trinajstić information content (AvgIpc) is 3.24. The highest BCUT2D eigenvalue weighted by Gasteiger charge is 2.54. The summed E-state index contributed by atoms with van der Waals surface area (Å²) < 4.78 is 81.7. The van der Waals surface area contributed by atoms with Crippen molar-refractivity contribution in [2.24, 2.45) is 0 Å². The SMILES string of the molecule is CC(=O)N[C@H]1[C@H](OC[C@@H](O)[C@H](O)[C@H](O[C@@H]2O[C@H](CO)[C@H](O)[C@H](O)[C@H]2O[C@@H]2O[C@@H](C)[C@@H](O)[C@@H](O)[C@@H]2O)[C@H](CO)NC(C)=O)O[C@H](COS(=O)(=O)O)[C@@H](O[C@@H]2O[C@H](CO)[C@H](O)[C@H](O)[C@H]2O)[C@@H]1O. The van der Waals surface area contributed by atoms with E-state index in [2.05, 4.69) is 14.8 Å². The van der Waals surface area contributed by atoms with Gasteiger partial charge < -0.3 is 120 Å². The largest absolute Gasteiger partial charge is 0.397 e. The van der Waals surface area contributed by atoms with Crippen molar-refractivity contribution < 1.29 is 136 Å². The first-order valence-corrected chi connectivity index (χ1v) is 21.4. The Hall–Kier alpha value is -2.07. The van der Waals surface area contributed by atoms with E-state index >= 15 is 0 Å². The number of ether oxygens (including phenoxy) is 8. The highest BCUT2D eigenvalue weighted by molar-refractivity contribution is 7.80. The molecule has 2 amide bonds. The summed E-state index contributed by atoms with van der Waals surface area (Å²) in [6.07, 6.45) is -42.2. The first kappa shape index (κ1) is 55.5. The fraction of sp³-hybridized carbons (Fsp3) is 0.941. The Morgan fingerprint density at radius 2 is 1.17 bits per heavy atom. The highest BCUT2D eigenvalue weighted by atomic mass is 32.3. The van der Waals surface area contributed by atoms with Crippen LogP contribution in [0.3, 0.4) is 0 Å². The van der Waals surface area contributed by atoms with E-state index in [4.69, 9.17) is 37.9 Å². The van der Waals surface area contributed by atoms with E-state index in [1.807, 2.05) is 0 Å². The summed E-state index contributed by atoms with van der Waals surface area (Å²) in [7, 11) is -5.25. The smallest absolute Gasteiger partial charge is 0.394 e. The molecule has 380 valence electrons. The second-order valence-corrected chi connectivity index (χ2v) is 16.8. The minimum Gasteiger partial charge on any atom is -0.394 e. The molecule has 0 spiro atoms. The van der Waals surface area contributed by atoms with E-state index in [9.17, 15) is 94.1 Å². The molecule has 4 rings (SSSR count). The molecule has 4 aliphatic rings. The third kappa shape index (κ3) is 13.8. The Bertz CT molecular complexity index is 1620.